The summed E-state index contributed by atoms with van der Waals surface area (Å²) in [6.07, 6.45) is 1.85. The van der Waals surface area contributed by atoms with Crippen LogP contribution in [0.25, 0.3) is 0 Å². The van der Waals surface area contributed by atoms with Crippen LogP contribution in [-0.4, -0.2) is 48.5 Å². The molecule has 0 saturated carbocycles. The normalized spacial score (nSPS) is 18.0. The van der Waals surface area contributed by atoms with Crippen molar-refractivity contribution in [2.24, 2.45) is 11.7 Å². The standard InChI is InChI=1S/C19H29N3O3.ClH/c1-4-25-16-9-7-14(8-10-16)18(23)21-17(13(2)3)19(24)22-11-5-6-15(20)12-22;/h7-10,13,15,17H,4-6,11-12,20H2,1-3H3,(H,21,23);1H. The Morgan fingerprint density at radius 3 is 2.50 bits per heavy atom. The van der Waals surface area contributed by atoms with E-state index >= 15 is 0 Å². The number of hydrogen-bond donors (Lipinski definition) is 2. The van der Waals surface area contributed by atoms with Gasteiger partial charge in [0.15, 0.2) is 0 Å². The van der Waals surface area contributed by atoms with Crippen molar-refractivity contribution in [3.8, 4) is 5.75 Å². The molecule has 2 atom stereocenters. The van der Waals surface area contributed by atoms with Crippen LogP contribution >= 0.6 is 12.4 Å². The minimum atomic E-state index is -0.552. The maximum Gasteiger partial charge on any atom is 0.251 e. The fourth-order valence-electron chi connectivity index (χ4n) is 3.01. The minimum Gasteiger partial charge on any atom is -0.494 e. The van der Waals surface area contributed by atoms with Gasteiger partial charge in [-0.15, -0.1) is 12.4 Å². The number of amides is 2. The van der Waals surface area contributed by atoms with Crippen molar-refractivity contribution in [3.63, 3.8) is 0 Å². The van der Waals surface area contributed by atoms with Gasteiger partial charge in [0.05, 0.1) is 6.61 Å². The zero-order valence-electron chi connectivity index (χ0n) is 15.7. The van der Waals surface area contributed by atoms with Gasteiger partial charge in [-0.3, -0.25) is 9.59 Å². The summed E-state index contributed by atoms with van der Waals surface area (Å²) < 4.78 is 5.38. The molecule has 1 heterocycles. The molecule has 6 nitrogen and oxygen atoms in total. The average molecular weight is 384 g/mol. The molecule has 1 aromatic carbocycles. The van der Waals surface area contributed by atoms with Gasteiger partial charge in [0, 0.05) is 24.7 Å². The van der Waals surface area contributed by atoms with Gasteiger partial charge in [-0.2, -0.15) is 0 Å². The molecule has 7 heteroatoms. The predicted octanol–water partition coefficient (Wildman–Crippen LogP) is 2.21. The second-order valence-electron chi connectivity index (χ2n) is 6.84. The number of nitrogens with two attached hydrogens (primary N) is 1. The van der Waals surface area contributed by atoms with E-state index in [9.17, 15) is 9.59 Å². The van der Waals surface area contributed by atoms with Crippen molar-refractivity contribution in [2.75, 3.05) is 19.7 Å². The second-order valence-corrected chi connectivity index (χ2v) is 6.84. The molecular weight excluding hydrogens is 354 g/mol. The molecule has 0 spiro atoms. The number of ether oxygens (including phenoxy) is 1. The van der Waals surface area contributed by atoms with Crippen molar-refractivity contribution < 1.29 is 14.3 Å². The number of halogens is 1. The van der Waals surface area contributed by atoms with Crippen LogP contribution in [-0.2, 0) is 4.79 Å². The first-order valence-corrected chi connectivity index (χ1v) is 9.00. The molecule has 0 radical (unpaired) electrons. The maximum absolute atomic E-state index is 12.8. The third-order valence-electron chi connectivity index (χ3n) is 4.42. The van der Waals surface area contributed by atoms with E-state index in [2.05, 4.69) is 5.32 Å². The number of piperidine rings is 1. The molecule has 2 amide bonds. The summed E-state index contributed by atoms with van der Waals surface area (Å²) in [6, 6.07) is 6.40. The maximum atomic E-state index is 12.8. The van der Waals surface area contributed by atoms with E-state index in [-0.39, 0.29) is 36.2 Å². The summed E-state index contributed by atoms with van der Waals surface area (Å²) in [6.45, 7) is 7.62. The van der Waals surface area contributed by atoms with Crippen LogP contribution in [0.1, 0.15) is 44.0 Å². The average Bonchev–Trinajstić information content (AvgIpc) is 2.59. The Bertz CT molecular complexity index is 592. The molecule has 0 aromatic heterocycles. The Hall–Kier alpha value is -1.79. The van der Waals surface area contributed by atoms with Gasteiger partial charge in [-0.05, 0) is 49.9 Å². The molecule has 1 aliphatic heterocycles. The van der Waals surface area contributed by atoms with Gasteiger partial charge in [-0.25, -0.2) is 0 Å². The zero-order valence-corrected chi connectivity index (χ0v) is 16.6. The largest absolute Gasteiger partial charge is 0.494 e. The van der Waals surface area contributed by atoms with Crippen LogP contribution in [0, 0.1) is 5.92 Å². The number of rotatable bonds is 6. The lowest BCUT2D eigenvalue weighted by Crippen LogP contribution is -2.55. The van der Waals surface area contributed by atoms with E-state index in [1.54, 1.807) is 29.2 Å². The number of hydrogen-bond acceptors (Lipinski definition) is 4. The summed E-state index contributed by atoms with van der Waals surface area (Å²) in [5.41, 5.74) is 6.49. The van der Waals surface area contributed by atoms with Crippen molar-refractivity contribution >= 4 is 24.2 Å². The number of carbonyl (C=O) groups excluding carboxylic acids is 2. The molecule has 1 aliphatic rings. The van der Waals surface area contributed by atoms with E-state index in [0.29, 0.717) is 25.3 Å². The van der Waals surface area contributed by atoms with E-state index in [1.807, 2.05) is 20.8 Å². The molecule has 1 fully saturated rings. The molecule has 2 rings (SSSR count). The third kappa shape index (κ3) is 5.88. The topological polar surface area (TPSA) is 84.7 Å². The Morgan fingerprint density at radius 2 is 1.96 bits per heavy atom. The Labute approximate surface area is 161 Å². The molecule has 2 unspecified atom stereocenters. The molecule has 3 N–H and O–H groups in total. The molecule has 1 aromatic rings. The third-order valence-corrected chi connectivity index (χ3v) is 4.42. The lowest BCUT2D eigenvalue weighted by molar-refractivity contribution is -0.135. The lowest BCUT2D eigenvalue weighted by Gasteiger charge is -2.34. The number of nitrogens with one attached hydrogen (secondary N) is 1. The lowest BCUT2D eigenvalue weighted by atomic mass is 9.99. The summed E-state index contributed by atoms with van der Waals surface area (Å²) in [5, 5.41) is 2.88. The Morgan fingerprint density at radius 1 is 1.31 bits per heavy atom. The van der Waals surface area contributed by atoms with Crippen LogP contribution in [0.5, 0.6) is 5.75 Å². The van der Waals surface area contributed by atoms with E-state index in [1.165, 1.54) is 0 Å². The monoisotopic (exact) mass is 383 g/mol. The fourth-order valence-corrected chi connectivity index (χ4v) is 3.01. The van der Waals surface area contributed by atoms with E-state index < -0.39 is 6.04 Å². The number of likely N-dealkylation sites (tertiary alicyclic amines) is 1. The molecule has 146 valence electrons. The van der Waals surface area contributed by atoms with Gasteiger partial charge in [0.25, 0.3) is 5.91 Å². The first kappa shape index (κ1) is 22.3. The van der Waals surface area contributed by atoms with Crippen LogP contribution < -0.4 is 15.8 Å². The second kappa shape index (κ2) is 10.4. The van der Waals surface area contributed by atoms with Crippen LogP contribution in [0.2, 0.25) is 0 Å². The van der Waals surface area contributed by atoms with Gasteiger partial charge < -0.3 is 20.7 Å². The smallest absolute Gasteiger partial charge is 0.251 e. The highest BCUT2D eigenvalue weighted by Crippen LogP contribution is 2.15. The Balaban J connectivity index is 0.00000338. The van der Waals surface area contributed by atoms with E-state index in [0.717, 1.165) is 18.6 Å². The summed E-state index contributed by atoms with van der Waals surface area (Å²) >= 11 is 0. The minimum absolute atomic E-state index is 0. The molecular formula is C19H30ClN3O3. The van der Waals surface area contributed by atoms with Crippen molar-refractivity contribution in [2.45, 2.75) is 45.7 Å². The Kier molecular flexibility index (Phi) is 8.88. The molecule has 26 heavy (non-hydrogen) atoms. The van der Waals surface area contributed by atoms with Crippen molar-refractivity contribution in [1.82, 2.24) is 10.2 Å². The van der Waals surface area contributed by atoms with Crippen LogP contribution in [0.4, 0.5) is 0 Å². The number of carbonyl (C=O) groups is 2. The fraction of sp³-hybridized carbons (Fsp3) is 0.579. The van der Waals surface area contributed by atoms with Crippen LogP contribution in [0.15, 0.2) is 24.3 Å². The first-order valence-electron chi connectivity index (χ1n) is 9.00. The highest BCUT2D eigenvalue weighted by atomic mass is 35.5. The van der Waals surface area contributed by atoms with Gasteiger partial charge in [0.1, 0.15) is 11.8 Å². The quantitative estimate of drug-likeness (QED) is 0.788. The molecule has 0 aliphatic carbocycles. The van der Waals surface area contributed by atoms with Gasteiger partial charge in [0.2, 0.25) is 5.91 Å². The molecule has 1 saturated heterocycles. The summed E-state index contributed by atoms with van der Waals surface area (Å²) in [5.74, 6) is 0.413. The zero-order chi connectivity index (χ0) is 18.4. The first-order chi connectivity index (χ1) is 11.9. The van der Waals surface area contributed by atoms with Gasteiger partial charge >= 0.3 is 0 Å². The van der Waals surface area contributed by atoms with Gasteiger partial charge in [-0.1, -0.05) is 13.8 Å². The summed E-state index contributed by atoms with van der Waals surface area (Å²) in [4.78, 5) is 27.1. The highest BCUT2D eigenvalue weighted by Gasteiger charge is 2.31. The molecule has 0 bridgehead atoms. The predicted molar refractivity (Wildman–Crippen MR) is 105 cm³/mol. The summed E-state index contributed by atoms with van der Waals surface area (Å²) in [7, 11) is 0. The van der Waals surface area contributed by atoms with Crippen molar-refractivity contribution in [1.29, 1.82) is 0 Å². The number of benzene rings is 1. The number of nitrogens with zero attached hydrogens (tertiary/aromatic N) is 1. The highest BCUT2D eigenvalue weighted by molar-refractivity contribution is 5.97. The van der Waals surface area contributed by atoms with Crippen molar-refractivity contribution in [3.05, 3.63) is 29.8 Å². The SMILES string of the molecule is CCOc1ccc(C(=O)NC(C(=O)N2CCCC(N)C2)C(C)C)cc1.Cl. The van der Waals surface area contributed by atoms with E-state index in [4.69, 9.17) is 10.5 Å². The van der Waals surface area contributed by atoms with Crippen LogP contribution in [0.3, 0.4) is 0 Å².